The van der Waals surface area contributed by atoms with Crippen LogP contribution in [-0.2, 0) is 20.6 Å². The third-order valence-corrected chi connectivity index (χ3v) is 24.7. The Hall–Kier alpha value is 0.379. The average Bonchev–Trinajstić information content (AvgIpc) is 3.16. The maximum absolute atomic E-state index is 5.62. The Morgan fingerprint density at radius 1 is 0.815 bits per heavy atom. The molecule has 3 nitrogen and oxygen atoms in total. The van der Waals surface area contributed by atoms with Crippen molar-refractivity contribution in [3.05, 3.63) is 17.0 Å². The normalized spacial score (nSPS) is 12.0. The second-order valence-corrected chi connectivity index (χ2v) is 22.9. The Morgan fingerprint density at radius 2 is 1.41 bits per heavy atom. The molecule has 0 aromatic carbocycles. The molecule has 0 spiro atoms. The predicted molar refractivity (Wildman–Crippen MR) is 121 cm³/mol. The van der Waals surface area contributed by atoms with Gasteiger partial charge in [0.25, 0.3) is 0 Å². The van der Waals surface area contributed by atoms with Gasteiger partial charge in [0.15, 0.2) is 0 Å². The van der Waals surface area contributed by atoms with Gasteiger partial charge in [0.2, 0.25) is 0 Å². The Kier molecular flexibility index (Phi) is 15.3. The minimum absolute atomic E-state index is 0.369. The van der Waals surface area contributed by atoms with Gasteiger partial charge in [-0.15, -0.1) is 0 Å². The summed E-state index contributed by atoms with van der Waals surface area (Å²) in [7, 11) is 1.69. The van der Waals surface area contributed by atoms with Gasteiger partial charge in [-0.25, -0.2) is 0 Å². The molecule has 1 rings (SSSR count). The van der Waals surface area contributed by atoms with Gasteiger partial charge in [-0.2, -0.15) is 0 Å². The van der Waals surface area contributed by atoms with Gasteiger partial charge in [0, 0.05) is 0 Å². The second kappa shape index (κ2) is 16.2. The molecule has 0 aliphatic rings. The molecule has 0 radical (unpaired) electrons. The van der Waals surface area contributed by atoms with Crippen LogP contribution >= 0.6 is 11.3 Å². The molecule has 0 saturated heterocycles. The molecule has 0 aliphatic heterocycles. The number of hydrogen-bond donors (Lipinski definition) is 0. The van der Waals surface area contributed by atoms with Crippen LogP contribution in [0.25, 0.3) is 0 Å². The van der Waals surface area contributed by atoms with Crippen molar-refractivity contribution >= 4 is 32.6 Å². The third kappa shape index (κ3) is 10.1. The van der Waals surface area contributed by atoms with E-state index >= 15 is 0 Å². The maximum atomic E-state index is 5.62. The first-order valence-electron chi connectivity index (χ1n) is 11.0. The van der Waals surface area contributed by atoms with Gasteiger partial charge < -0.3 is 0 Å². The molecule has 0 N–H and O–H groups in total. The molecule has 5 heteroatoms. The van der Waals surface area contributed by atoms with E-state index in [0.717, 1.165) is 13.0 Å². The molecule has 1 aromatic heterocycles. The average molecular weight is 505 g/mol. The molecule has 0 amide bonds. The van der Waals surface area contributed by atoms with Crippen molar-refractivity contribution in [1.29, 1.82) is 0 Å². The van der Waals surface area contributed by atoms with Crippen LogP contribution in [0.15, 0.2) is 12.1 Å². The number of hydrogen-bond acceptors (Lipinski definition) is 4. The van der Waals surface area contributed by atoms with Crippen molar-refractivity contribution in [2.75, 3.05) is 33.7 Å². The van der Waals surface area contributed by atoms with Gasteiger partial charge in [-0.1, -0.05) is 0 Å². The van der Waals surface area contributed by atoms with E-state index in [-0.39, 0.29) is 0 Å². The van der Waals surface area contributed by atoms with Crippen LogP contribution in [0.3, 0.4) is 0 Å². The quantitative estimate of drug-likeness (QED) is 0.140. The van der Waals surface area contributed by atoms with Crippen LogP contribution < -0.4 is 2.89 Å². The Balaban J connectivity index is 2.64. The summed E-state index contributed by atoms with van der Waals surface area (Å²) in [5.41, 5.74) is 0. The number of rotatable bonds is 18. The fourth-order valence-corrected chi connectivity index (χ4v) is 23.9. The first-order valence-corrected chi connectivity index (χ1v) is 19.3. The van der Waals surface area contributed by atoms with E-state index in [1.54, 1.807) is 20.4 Å². The molecule has 1 aromatic rings. The molecule has 0 fully saturated rings. The monoisotopic (exact) mass is 506 g/mol. The summed E-state index contributed by atoms with van der Waals surface area (Å²) < 4.78 is 22.4. The van der Waals surface area contributed by atoms with Crippen LogP contribution in [0, 0.1) is 0 Å². The van der Waals surface area contributed by atoms with E-state index in [4.69, 9.17) is 14.2 Å². The molecule has 158 valence electrons. The molecule has 0 saturated carbocycles. The summed E-state index contributed by atoms with van der Waals surface area (Å²) >= 11 is -0.120. The summed E-state index contributed by atoms with van der Waals surface area (Å²) in [6.45, 7) is 9.39. The molecular weight excluding hydrogens is 463 g/mol. The number of unbranched alkanes of at least 4 members (excludes halogenated alkanes) is 3. The van der Waals surface area contributed by atoms with Crippen molar-refractivity contribution < 1.29 is 14.2 Å². The van der Waals surface area contributed by atoms with E-state index < -0.39 is 18.4 Å². The predicted octanol–water partition coefficient (Wildman–Crippen LogP) is 5.98. The number of thiophene rings is 1. The Morgan fingerprint density at radius 3 is 1.96 bits per heavy atom. The first-order chi connectivity index (χ1) is 13.2. The van der Waals surface area contributed by atoms with Crippen LogP contribution in [0.1, 0.15) is 64.2 Å². The van der Waals surface area contributed by atoms with Crippen molar-refractivity contribution in [1.82, 2.24) is 0 Å². The zero-order valence-corrected chi connectivity index (χ0v) is 21.9. The van der Waals surface area contributed by atoms with Crippen molar-refractivity contribution in [2.24, 2.45) is 0 Å². The minimum atomic E-state index is -2.24. The van der Waals surface area contributed by atoms with Crippen molar-refractivity contribution in [3.63, 3.8) is 0 Å². The standard InChI is InChI=1S/C10H15O3S.3C4H9.Sn/c1-11-6-7-13-9-12-5-4-10-3-2-8-14-10;3*1-3-4-2;/h2-3H,4-7,9H2,1H3;3*1,3-4H2,2H3;. The van der Waals surface area contributed by atoms with E-state index in [2.05, 4.69) is 44.2 Å². The summed E-state index contributed by atoms with van der Waals surface area (Å²) in [5, 5.41) is 0. The fourth-order valence-electron chi connectivity index (χ4n) is 3.58. The Labute approximate surface area is 176 Å². The zero-order valence-electron chi connectivity index (χ0n) is 18.2. The van der Waals surface area contributed by atoms with Gasteiger partial charge >= 0.3 is 177 Å². The summed E-state index contributed by atoms with van der Waals surface area (Å²) in [6, 6.07) is 4.89. The molecule has 0 atom stereocenters. The van der Waals surface area contributed by atoms with Crippen molar-refractivity contribution in [2.45, 2.75) is 79.0 Å². The second-order valence-electron chi connectivity index (χ2n) is 7.53. The van der Waals surface area contributed by atoms with Crippen LogP contribution in [0.5, 0.6) is 0 Å². The summed E-state index contributed by atoms with van der Waals surface area (Å²) in [5.74, 6) is 0. The first kappa shape index (κ1) is 25.4. The van der Waals surface area contributed by atoms with E-state index in [1.165, 1.54) is 43.4 Å². The Bertz CT molecular complexity index is 442. The van der Waals surface area contributed by atoms with Gasteiger partial charge in [0.1, 0.15) is 0 Å². The summed E-state index contributed by atoms with van der Waals surface area (Å²) in [4.78, 5) is 1.49. The molecule has 0 bridgehead atoms. The topological polar surface area (TPSA) is 27.7 Å². The van der Waals surface area contributed by atoms with E-state index in [9.17, 15) is 0 Å². The number of methoxy groups -OCH3 is 1. The zero-order chi connectivity index (χ0) is 19.8. The molecule has 27 heavy (non-hydrogen) atoms. The number of ether oxygens (including phenoxy) is 3. The van der Waals surface area contributed by atoms with Crippen LogP contribution in [0.4, 0.5) is 0 Å². The van der Waals surface area contributed by atoms with Crippen molar-refractivity contribution in [3.8, 4) is 0 Å². The van der Waals surface area contributed by atoms with E-state index in [0.29, 0.717) is 20.0 Å². The van der Waals surface area contributed by atoms with Gasteiger partial charge in [0.05, 0.1) is 0 Å². The van der Waals surface area contributed by atoms with Gasteiger partial charge in [-0.05, 0) is 0 Å². The summed E-state index contributed by atoms with van der Waals surface area (Å²) in [6.07, 6.45) is 9.32. The van der Waals surface area contributed by atoms with E-state index in [1.807, 2.05) is 2.89 Å². The van der Waals surface area contributed by atoms with Gasteiger partial charge in [-0.3, -0.25) is 0 Å². The molecular formula is C22H42O3SSn. The van der Waals surface area contributed by atoms with Crippen LogP contribution in [-0.4, -0.2) is 52.1 Å². The third-order valence-electron chi connectivity index (χ3n) is 5.30. The molecule has 1 heterocycles. The molecule has 0 aliphatic carbocycles. The fraction of sp³-hybridized carbons (Fsp3) is 0.818. The SMILES string of the molecule is CCC[CH2][Sn]([CH2]CCC)([CH2]CCC)[c]1ccc(CCOCOCCOC)s1. The molecule has 0 unspecified atom stereocenters. The van der Waals surface area contributed by atoms with Crippen LogP contribution in [0.2, 0.25) is 13.3 Å².